The second-order valence-corrected chi connectivity index (χ2v) is 6.21. The highest BCUT2D eigenvalue weighted by molar-refractivity contribution is 5.92. The monoisotopic (exact) mass is 327 g/mol. The van der Waals surface area contributed by atoms with Gasteiger partial charge in [0.05, 0.1) is 12.7 Å². The lowest BCUT2D eigenvalue weighted by Crippen LogP contribution is -2.40. The molecule has 5 nitrogen and oxygen atoms in total. The van der Waals surface area contributed by atoms with Gasteiger partial charge in [0.1, 0.15) is 18.0 Å². The summed E-state index contributed by atoms with van der Waals surface area (Å²) in [4.78, 5) is 14.2. The van der Waals surface area contributed by atoms with Gasteiger partial charge in [-0.05, 0) is 31.8 Å². The van der Waals surface area contributed by atoms with Crippen molar-refractivity contribution in [3.05, 3.63) is 64.7 Å². The molecule has 0 saturated heterocycles. The predicted molar refractivity (Wildman–Crippen MR) is 90.1 cm³/mol. The van der Waals surface area contributed by atoms with E-state index < -0.39 is 11.6 Å². The van der Waals surface area contributed by atoms with Crippen LogP contribution in [-0.4, -0.2) is 43.7 Å². The van der Waals surface area contributed by atoms with Crippen molar-refractivity contribution in [2.24, 2.45) is 0 Å². The zero-order chi connectivity index (χ0) is 17.3. The van der Waals surface area contributed by atoms with Crippen LogP contribution >= 0.6 is 0 Å². The summed E-state index contributed by atoms with van der Waals surface area (Å²) < 4.78 is 10.8. The van der Waals surface area contributed by atoms with Crippen LogP contribution in [0, 0.1) is 0 Å². The fourth-order valence-electron chi connectivity index (χ4n) is 3.34. The van der Waals surface area contributed by atoms with Crippen LogP contribution in [0.3, 0.4) is 0 Å². The number of rotatable bonds is 3. The molecule has 0 aliphatic carbocycles. The van der Waals surface area contributed by atoms with Gasteiger partial charge in [-0.3, -0.25) is 0 Å². The molecule has 1 unspecified atom stereocenters. The smallest absolute Gasteiger partial charge is 0.338 e. The Morgan fingerprint density at radius 1 is 1.25 bits per heavy atom. The third-order valence-electron chi connectivity index (χ3n) is 4.23. The first-order valence-corrected chi connectivity index (χ1v) is 7.77. The van der Waals surface area contributed by atoms with E-state index in [-0.39, 0.29) is 6.61 Å². The maximum absolute atomic E-state index is 12.3. The molecule has 0 aromatic heterocycles. The fourth-order valence-corrected chi connectivity index (χ4v) is 3.34. The summed E-state index contributed by atoms with van der Waals surface area (Å²) in [6, 6.07) is 12.7. The molecule has 2 aromatic carbocycles. The molecule has 24 heavy (non-hydrogen) atoms. The van der Waals surface area contributed by atoms with Crippen LogP contribution in [0.1, 0.15) is 27.0 Å². The van der Waals surface area contributed by atoms with Gasteiger partial charge in [0.2, 0.25) is 0 Å². The van der Waals surface area contributed by atoms with E-state index in [0.29, 0.717) is 29.0 Å². The number of ether oxygens (including phenoxy) is 2. The number of aliphatic hydroxyl groups is 1. The summed E-state index contributed by atoms with van der Waals surface area (Å²) in [7, 11) is 5.10. The molecule has 0 spiro atoms. The quantitative estimate of drug-likeness (QED) is 0.876. The average molecular weight is 327 g/mol. The SMILES string of the molecule is COC(=O)c1cccc2c1C(O)(CN(C)C)c1ccccc1OC2. The molecule has 0 fully saturated rings. The van der Waals surface area contributed by atoms with E-state index in [1.807, 2.05) is 49.3 Å². The first kappa shape index (κ1) is 16.5. The number of carbonyl (C=O) groups excluding carboxylic acids is 1. The number of likely N-dealkylation sites (N-methyl/N-ethyl adjacent to an activating group) is 1. The third-order valence-corrected chi connectivity index (χ3v) is 4.23. The maximum atomic E-state index is 12.3. The van der Waals surface area contributed by atoms with Gasteiger partial charge in [-0.25, -0.2) is 4.79 Å². The minimum absolute atomic E-state index is 0.285. The summed E-state index contributed by atoms with van der Waals surface area (Å²) in [5.41, 5.74) is 0.957. The van der Waals surface area contributed by atoms with Gasteiger partial charge in [0, 0.05) is 17.7 Å². The Labute approximate surface area is 141 Å². The lowest BCUT2D eigenvalue weighted by Gasteiger charge is -2.33. The van der Waals surface area contributed by atoms with E-state index in [1.54, 1.807) is 12.1 Å². The normalized spacial score (nSPS) is 19.0. The van der Waals surface area contributed by atoms with E-state index in [4.69, 9.17) is 9.47 Å². The molecule has 126 valence electrons. The maximum Gasteiger partial charge on any atom is 0.338 e. The average Bonchev–Trinajstić information content (AvgIpc) is 2.69. The molecule has 1 N–H and O–H groups in total. The molecule has 0 bridgehead atoms. The number of para-hydroxylation sites is 1. The number of hydrogen-bond donors (Lipinski definition) is 1. The molecule has 0 saturated carbocycles. The Hall–Kier alpha value is -2.37. The van der Waals surface area contributed by atoms with Crippen molar-refractivity contribution < 1.29 is 19.4 Å². The van der Waals surface area contributed by atoms with Crippen LogP contribution in [0.25, 0.3) is 0 Å². The van der Waals surface area contributed by atoms with Gasteiger partial charge in [-0.2, -0.15) is 0 Å². The summed E-state index contributed by atoms with van der Waals surface area (Å²) in [5.74, 6) is 0.150. The van der Waals surface area contributed by atoms with Gasteiger partial charge < -0.3 is 19.5 Å². The minimum atomic E-state index is -1.38. The van der Waals surface area contributed by atoms with Crippen molar-refractivity contribution in [2.75, 3.05) is 27.7 Å². The minimum Gasteiger partial charge on any atom is -0.488 e. The van der Waals surface area contributed by atoms with Crippen molar-refractivity contribution in [1.29, 1.82) is 0 Å². The molecular formula is C19H21NO4. The zero-order valence-corrected chi connectivity index (χ0v) is 14.1. The van der Waals surface area contributed by atoms with Crippen molar-refractivity contribution in [2.45, 2.75) is 12.2 Å². The Balaban J connectivity index is 2.32. The van der Waals surface area contributed by atoms with Gasteiger partial charge in [-0.1, -0.05) is 30.3 Å². The lowest BCUT2D eigenvalue weighted by molar-refractivity contribution is 0.0447. The number of carbonyl (C=O) groups is 1. The van der Waals surface area contributed by atoms with E-state index >= 15 is 0 Å². The van der Waals surface area contributed by atoms with Crippen molar-refractivity contribution in [3.63, 3.8) is 0 Å². The molecule has 1 heterocycles. The number of methoxy groups -OCH3 is 1. The molecular weight excluding hydrogens is 306 g/mol. The molecule has 3 rings (SSSR count). The Morgan fingerprint density at radius 3 is 2.71 bits per heavy atom. The second kappa shape index (κ2) is 6.26. The summed E-state index contributed by atoms with van der Waals surface area (Å²) in [5, 5.41) is 11.7. The standard InChI is InChI=1S/C19H21NO4/c1-20(2)12-19(22)15-9-4-5-10-16(15)24-11-13-7-6-8-14(17(13)19)18(21)23-3/h4-10,22H,11-12H2,1-3H3. The van der Waals surface area contributed by atoms with Gasteiger partial charge in [0.15, 0.2) is 0 Å². The molecule has 0 radical (unpaired) electrons. The van der Waals surface area contributed by atoms with Gasteiger partial charge in [-0.15, -0.1) is 0 Å². The Morgan fingerprint density at radius 2 is 2.00 bits per heavy atom. The highest BCUT2D eigenvalue weighted by Crippen LogP contribution is 2.42. The Bertz CT molecular complexity index is 772. The lowest BCUT2D eigenvalue weighted by atomic mass is 9.80. The van der Waals surface area contributed by atoms with Crippen LogP contribution in [0.15, 0.2) is 42.5 Å². The Kier molecular flexibility index (Phi) is 4.30. The van der Waals surface area contributed by atoms with E-state index in [0.717, 1.165) is 5.56 Å². The number of benzene rings is 2. The second-order valence-electron chi connectivity index (χ2n) is 6.21. The van der Waals surface area contributed by atoms with Crippen LogP contribution < -0.4 is 4.74 Å². The van der Waals surface area contributed by atoms with Gasteiger partial charge >= 0.3 is 5.97 Å². The predicted octanol–water partition coefficient (Wildman–Crippen LogP) is 2.16. The number of esters is 1. The summed E-state index contributed by atoms with van der Waals surface area (Å²) in [6.45, 7) is 0.599. The van der Waals surface area contributed by atoms with Crippen LogP contribution in [0.5, 0.6) is 5.75 Å². The number of nitrogens with zero attached hydrogens (tertiary/aromatic N) is 1. The highest BCUT2D eigenvalue weighted by atomic mass is 16.5. The van der Waals surface area contributed by atoms with Gasteiger partial charge in [0.25, 0.3) is 0 Å². The van der Waals surface area contributed by atoms with Crippen LogP contribution in [0.2, 0.25) is 0 Å². The van der Waals surface area contributed by atoms with Crippen molar-refractivity contribution in [3.8, 4) is 5.75 Å². The molecule has 5 heteroatoms. The van der Waals surface area contributed by atoms with E-state index in [9.17, 15) is 9.90 Å². The number of fused-ring (bicyclic) bond motifs is 2. The fraction of sp³-hybridized carbons (Fsp3) is 0.316. The highest BCUT2D eigenvalue weighted by Gasteiger charge is 2.41. The molecule has 2 aromatic rings. The molecule has 1 aliphatic heterocycles. The third kappa shape index (κ3) is 2.66. The summed E-state index contributed by atoms with van der Waals surface area (Å²) in [6.07, 6.45) is 0. The van der Waals surface area contributed by atoms with Crippen molar-refractivity contribution >= 4 is 5.97 Å². The van der Waals surface area contributed by atoms with Crippen molar-refractivity contribution in [1.82, 2.24) is 4.90 Å². The largest absolute Gasteiger partial charge is 0.488 e. The first-order chi connectivity index (χ1) is 11.5. The van der Waals surface area contributed by atoms with Crippen LogP contribution in [0.4, 0.5) is 0 Å². The van der Waals surface area contributed by atoms with E-state index in [1.165, 1.54) is 7.11 Å². The summed E-state index contributed by atoms with van der Waals surface area (Å²) >= 11 is 0. The zero-order valence-electron chi connectivity index (χ0n) is 14.1. The van der Waals surface area contributed by atoms with Crippen LogP contribution in [-0.2, 0) is 16.9 Å². The van der Waals surface area contributed by atoms with E-state index in [2.05, 4.69) is 0 Å². The first-order valence-electron chi connectivity index (χ1n) is 7.77. The number of hydrogen-bond acceptors (Lipinski definition) is 5. The molecule has 1 aliphatic rings. The molecule has 1 atom stereocenters. The topological polar surface area (TPSA) is 59.0 Å². The molecule has 0 amide bonds.